The molecule has 0 radical (unpaired) electrons. The van der Waals surface area contributed by atoms with E-state index < -0.39 is 0 Å². The van der Waals surface area contributed by atoms with Gasteiger partial charge in [0.25, 0.3) is 0 Å². The molecule has 0 bridgehead atoms. The molecule has 5 aromatic carbocycles. The van der Waals surface area contributed by atoms with Gasteiger partial charge in [-0.25, -0.2) is 0 Å². The lowest BCUT2D eigenvalue weighted by Crippen LogP contribution is -2.10. The number of allylic oxidation sites excluding steroid dienone is 4. The lowest BCUT2D eigenvalue weighted by molar-refractivity contribution is 0.608. The SMILES string of the molecule is C1=CCC(c2ccc(N(c3ccc(-c4ccccc4)cc3)c3nc4c(ccc5ccccc54)o3)cc2)C=C1. The fourth-order valence-electron chi connectivity index (χ4n) is 5.25. The number of rotatable bonds is 5. The maximum atomic E-state index is 6.40. The average molecular weight is 491 g/mol. The van der Waals surface area contributed by atoms with Crippen LogP contribution in [0, 0.1) is 0 Å². The molecule has 1 atom stereocenters. The number of nitrogens with zero attached hydrogens (tertiary/aromatic N) is 2. The molecule has 3 nitrogen and oxygen atoms in total. The van der Waals surface area contributed by atoms with Crippen LogP contribution in [0.4, 0.5) is 17.4 Å². The Balaban J connectivity index is 1.33. The van der Waals surface area contributed by atoms with Crippen LogP contribution in [0.2, 0.25) is 0 Å². The second-order valence-corrected chi connectivity index (χ2v) is 9.62. The van der Waals surface area contributed by atoms with Gasteiger partial charge in [-0.3, -0.25) is 4.90 Å². The molecule has 1 aromatic heterocycles. The molecule has 0 amide bonds. The summed E-state index contributed by atoms with van der Waals surface area (Å²) in [5.41, 5.74) is 7.32. The topological polar surface area (TPSA) is 29.3 Å². The van der Waals surface area contributed by atoms with Crippen molar-refractivity contribution in [2.45, 2.75) is 12.3 Å². The average Bonchev–Trinajstić information content (AvgIpc) is 3.43. The standard InChI is InChI=1S/C35H26N2O/c1-3-9-25(10-4-1)27-15-20-30(21-16-27)37(31-22-17-28(18-23-31)26-11-5-2-6-12-26)35-36-34-32-14-8-7-13-29(32)19-24-33(34)38-35/h1-11,13-24,26H,12H2. The first kappa shape index (κ1) is 22.3. The minimum atomic E-state index is 0.406. The number of anilines is 3. The molecule has 1 unspecified atom stereocenters. The molecule has 1 heterocycles. The van der Waals surface area contributed by atoms with Crippen molar-refractivity contribution in [1.82, 2.24) is 4.98 Å². The normalized spacial score (nSPS) is 14.8. The van der Waals surface area contributed by atoms with E-state index in [1.165, 1.54) is 16.7 Å². The molecule has 0 aliphatic heterocycles. The maximum absolute atomic E-state index is 6.40. The number of benzene rings is 5. The third-order valence-corrected chi connectivity index (χ3v) is 7.26. The minimum Gasteiger partial charge on any atom is -0.423 e. The van der Waals surface area contributed by atoms with Gasteiger partial charge in [0.05, 0.1) is 11.4 Å². The van der Waals surface area contributed by atoms with E-state index in [2.05, 4.69) is 126 Å². The molecule has 0 saturated carbocycles. The lowest BCUT2D eigenvalue weighted by Gasteiger charge is -2.22. The zero-order valence-corrected chi connectivity index (χ0v) is 20.9. The van der Waals surface area contributed by atoms with Crippen molar-refractivity contribution >= 4 is 39.3 Å². The van der Waals surface area contributed by atoms with Crippen LogP contribution in [0.15, 0.2) is 144 Å². The van der Waals surface area contributed by atoms with E-state index in [9.17, 15) is 0 Å². The first-order chi connectivity index (χ1) is 18.8. The molecule has 1 aliphatic rings. The highest BCUT2D eigenvalue weighted by Crippen LogP contribution is 2.39. The predicted molar refractivity (Wildman–Crippen MR) is 157 cm³/mol. The van der Waals surface area contributed by atoms with Crippen LogP contribution in [0.5, 0.6) is 0 Å². The molecule has 1 aliphatic carbocycles. The molecule has 7 rings (SSSR count). The minimum absolute atomic E-state index is 0.406. The van der Waals surface area contributed by atoms with E-state index in [1.807, 2.05) is 18.2 Å². The maximum Gasteiger partial charge on any atom is 0.307 e. The smallest absolute Gasteiger partial charge is 0.307 e. The first-order valence-electron chi connectivity index (χ1n) is 13.0. The fraction of sp³-hybridized carbons (Fsp3) is 0.0571. The van der Waals surface area contributed by atoms with Crippen LogP contribution < -0.4 is 4.90 Å². The molecule has 182 valence electrons. The van der Waals surface area contributed by atoms with E-state index in [-0.39, 0.29) is 0 Å². The number of aromatic nitrogens is 1. The summed E-state index contributed by atoms with van der Waals surface area (Å²) in [7, 11) is 0. The molecule has 38 heavy (non-hydrogen) atoms. The van der Waals surface area contributed by atoms with Gasteiger partial charge >= 0.3 is 6.01 Å². The first-order valence-corrected chi connectivity index (χ1v) is 13.0. The van der Waals surface area contributed by atoms with Crippen molar-refractivity contribution in [2.75, 3.05) is 4.90 Å². The fourth-order valence-corrected chi connectivity index (χ4v) is 5.25. The van der Waals surface area contributed by atoms with Crippen LogP contribution >= 0.6 is 0 Å². The summed E-state index contributed by atoms with van der Waals surface area (Å²) in [6.07, 6.45) is 9.76. The van der Waals surface area contributed by atoms with Gasteiger partial charge in [-0.2, -0.15) is 4.98 Å². The Labute approximate surface area is 222 Å². The van der Waals surface area contributed by atoms with Crippen molar-refractivity contribution in [3.8, 4) is 11.1 Å². The van der Waals surface area contributed by atoms with Gasteiger partial charge in [0.1, 0.15) is 5.52 Å². The highest BCUT2D eigenvalue weighted by atomic mass is 16.4. The number of oxazole rings is 1. The monoisotopic (exact) mass is 490 g/mol. The van der Waals surface area contributed by atoms with Crippen LogP contribution in [0.25, 0.3) is 33.0 Å². The van der Waals surface area contributed by atoms with Gasteiger partial charge in [0.2, 0.25) is 0 Å². The number of hydrogen-bond acceptors (Lipinski definition) is 3. The van der Waals surface area contributed by atoms with E-state index >= 15 is 0 Å². The molecular weight excluding hydrogens is 464 g/mol. The summed E-state index contributed by atoms with van der Waals surface area (Å²) in [6, 6.07) is 40.7. The summed E-state index contributed by atoms with van der Waals surface area (Å²) < 4.78 is 6.40. The Morgan fingerprint density at radius 1 is 0.658 bits per heavy atom. The zero-order valence-electron chi connectivity index (χ0n) is 20.9. The van der Waals surface area contributed by atoms with Gasteiger partial charge in [0.15, 0.2) is 5.58 Å². The van der Waals surface area contributed by atoms with Crippen molar-refractivity contribution < 1.29 is 4.42 Å². The molecule has 3 heteroatoms. The molecule has 6 aromatic rings. The Morgan fingerprint density at radius 2 is 1.37 bits per heavy atom. The van der Waals surface area contributed by atoms with E-state index in [4.69, 9.17) is 9.40 Å². The molecule has 0 spiro atoms. The van der Waals surface area contributed by atoms with Crippen molar-refractivity contribution in [1.29, 1.82) is 0 Å². The van der Waals surface area contributed by atoms with Crippen molar-refractivity contribution in [3.05, 3.63) is 145 Å². The Hall–Kier alpha value is -4.89. The number of fused-ring (bicyclic) bond motifs is 3. The summed E-state index contributed by atoms with van der Waals surface area (Å²) in [5, 5.41) is 2.24. The van der Waals surface area contributed by atoms with Crippen molar-refractivity contribution in [2.24, 2.45) is 0 Å². The van der Waals surface area contributed by atoms with Gasteiger partial charge in [-0.1, -0.05) is 109 Å². The Kier molecular flexibility index (Phi) is 5.60. The highest BCUT2D eigenvalue weighted by molar-refractivity contribution is 6.04. The molecule has 0 saturated heterocycles. The Morgan fingerprint density at radius 3 is 2.13 bits per heavy atom. The highest BCUT2D eigenvalue weighted by Gasteiger charge is 2.20. The largest absolute Gasteiger partial charge is 0.423 e. The van der Waals surface area contributed by atoms with Crippen LogP contribution in [0.1, 0.15) is 17.9 Å². The third kappa shape index (κ3) is 4.08. The summed E-state index contributed by atoms with van der Waals surface area (Å²) in [6.45, 7) is 0. The predicted octanol–water partition coefficient (Wildman–Crippen LogP) is 9.72. The summed E-state index contributed by atoms with van der Waals surface area (Å²) in [4.78, 5) is 7.13. The van der Waals surface area contributed by atoms with E-state index in [1.54, 1.807) is 0 Å². The number of hydrogen-bond donors (Lipinski definition) is 0. The third-order valence-electron chi connectivity index (χ3n) is 7.26. The van der Waals surface area contributed by atoms with Gasteiger partial charge in [-0.05, 0) is 58.8 Å². The van der Waals surface area contributed by atoms with E-state index in [0.29, 0.717) is 11.9 Å². The molecule has 0 fully saturated rings. The van der Waals surface area contributed by atoms with E-state index in [0.717, 1.165) is 39.7 Å². The van der Waals surface area contributed by atoms with Gasteiger partial charge < -0.3 is 4.42 Å². The van der Waals surface area contributed by atoms with Gasteiger partial charge in [0, 0.05) is 11.3 Å². The van der Waals surface area contributed by atoms with Crippen LogP contribution in [-0.4, -0.2) is 4.98 Å². The second-order valence-electron chi connectivity index (χ2n) is 9.62. The zero-order chi connectivity index (χ0) is 25.3. The van der Waals surface area contributed by atoms with Crippen LogP contribution in [0.3, 0.4) is 0 Å². The van der Waals surface area contributed by atoms with Crippen LogP contribution in [-0.2, 0) is 0 Å². The molecule has 0 N–H and O–H groups in total. The second kappa shape index (κ2) is 9.53. The lowest BCUT2D eigenvalue weighted by atomic mass is 9.92. The summed E-state index contributed by atoms with van der Waals surface area (Å²) >= 11 is 0. The van der Waals surface area contributed by atoms with Crippen molar-refractivity contribution in [3.63, 3.8) is 0 Å². The Bertz CT molecular complexity index is 1780. The van der Waals surface area contributed by atoms with Gasteiger partial charge in [-0.15, -0.1) is 0 Å². The quantitative estimate of drug-likeness (QED) is 0.241. The summed E-state index contributed by atoms with van der Waals surface area (Å²) in [5.74, 6) is 0.406. The molecular formula is C35H26N2O.